The number of hydrogen-bond acceptors (Lipinski definition) is 3. The minimum Gasteiger partial charge on any atom is -0.341 e. The molecular weight excluding hydrogens is 290 g/mol. The van der Waals surface area contributed by atoms with Gasteiger partial charge in [0.05, 0.1) is 5.69 Å². The highest BCUT2D eigenvalue weighted by Gasteiger charge is 2.20. The third-order valence-corrected chi connectivity index (χ3v) is 4.12. The van der Waals surface area contributed by atoms with Gasteiger partial charge in [0.2, 0.25) is 5.91 Å². The summed E-state index contributed by atoms with van der Waals surface area (Å²) in [6.07, 6.45) is 2.01. The van der Waals surface area contributed by atoms with Crippen LogP contribution in [0.25, 0.3) is 11.3 Å². The van der Waals surface area contributed by atoms with Crippen LogP contribution in [0.4, 0.5) is 0 Å². The molecule has 1 fully saturated rings. The van der Waals surface area contributed by atoms with Gasteiger partial charge in [-0.1, -0.05) is 30.3 Å². The molecule has 3 rings (SSSR count). The van der Waals surface area contributed by atoms with Crippen molar-refractivity contribution in [3.63, 3.8) is 0 Å². The van der Waals surface area contributed by atoms with Crippen molar-refractivity contribution in [2.75, 3.05) is 13.1 Å². The molecule has 2 heterocycles. The Hall–Kier alpha value is -2.87. The standard InChI is InChI=1S/C18H17N3O2/c19-12-15-8-9-16(14-6-2-1-3-7-14)21(18(15)23)13-17(22)20-10-4-5-11-20/h1-3,6-9H,4-5,10-11,13H2. The molecule has 0 atom stereocenters. The predicted molar refractivity (Wildman–Crippen MR) is 86.7 cm³/mol. The molecule has 1 amide bonds. The molecule has 5 nitrogen and oxygen atoms in total. The summed E-state index contributed by atoms with van der Waals surface area (Å²) < 4.78 is 1.41. The zero-order chi connectivity index (χ0) is 16.2. The van der Waals surface area contributed by atoms with Gasteiger partial charge in [0.25, 0.3) is 5.56 Å². The SMILES string of the molecule is N#Cc1ccc(-c2ccccc2)n(CC(=O)N2CCCC2)c1=O. The van der Waals surface area contributed by atoms with Gasteiger partial charge < -0.3 is 4.90 Å². The van der Waals surface area contributed by atoms with E-state index in [0.717, 1.165) is 31.5 Å². The van der Waals surface area contributed by atoms with Crippen LogP contribution in [0.1, 0.15) is 18.4 Å². The highest BCUT2D eigenvalue weighted by molar-refractivity contribution is 5.77. The Morgan fingerprint density at radius 3 is 2.43 bits per heavy atom. The number of benzene rings is 1. The minimum absolute atomic E-state index is 0.0292. The molecule has 0 spiro atoms. The van der Waals surface area contributed by atoms with Crippen molar-refractivity contribution >= 4 is 5.91 Å². The van der Waals surface area contributed by atoms with Crippen LogP contribution in [0.2, 0.25) is 0 Å². The summed E-state index contributed by atoms with van der Waals surface area (Å²) in [5.41, 5.74) is 1.14. The zero-order valence-electron chi connectivity index (χ0n) is 12.7. The van der Waals surface area contributed by atoms with Gasteiger partial charge in [0.1, 0.15) is 18.2 Å². The van der Waals surface area contributed by atoms with Gasteiger partial charge in [-0.15, -0.1) is 0 Å². The van der Waals surface area contributed by atoms with Crippen LogP contribution in [0.5, 0.6) is 0 Å². The Morgan fingerprint density at radius 2 is 1.78 bits per heavy atom. The van der Waals surface area contributed by atoms with Crippen molar-refractivity contribution in [2.45, 2.75) is 19.4 Å². The van der Waals surface area contributed by atoms with E-state index in [4.69, 9.17) is 5.26 Å². The van der Waals surface area contributed by atoms with Crippen LogP contribution < -0.4 is 5.56 Å². The van der Waals surface area contributed by atoms with Crippen molar-refractivity contribution in [3.05, 3.63) is 58.4 Å². The average Bonchev–Trinajstić information content (AvgIpc) is 3.12. The van der Waals surface area contributed by atoms with Gasteiger partial charge in [-0.2, -0.15) is 5.26 Å². The molecule has 0 N–H and O–H groups in total. The Kier molecular flexibility index (Phi) is 4.24. The summed E-state index contributed by atoms with van der Waals surface area (Å²) in [6.45, 7) is 1.46. The van der Waals surface area contributed by atoms with Gasteiger partial charge in [-0.3, -0.25) is 14.2 Å². The van der Waals surface area contributed by atoms with E-state index in [-0.39, 0.29) is 18.0 Å². The first-order chi connectivity index (χ1) is 11.2. The maximum absolute atomic E-state index is 12.5. The quantitative estimate of drug-likeness (QED) is 0.871. The fourth-order valence-electron chi connectivity index (χ4n) is 2.88. The largest absolute Gasteiger partial charge is 0.341 e. The Bertz CT molecular complexity index is 812. The molecule has 0 aliphatic carbocycles. The molecule has 1 aromatic carbocycles. The monoisotopic (exact) mass is 307 g/mol. The molecular formula is C18H17N3O2. The van der Waals surface area contributed by atoms with E-state index in [1.54, 1.807) is 11.0 Å². The number of aromatic nitrogens is 1. The number of nitriles is 1. The number of carbonyl (C=O) groups excluding carboxylic acids is 1. The molecule has 0 saturated carbocycles. The van der Waals surface area contributed by atoms with Gasteiger partial charge in [0.15, 0.2) is 0 Å². The summed E-state index contributed by atoms with van der Waals surface area (Å²) in [5.74, 6) is -0.0723. The molecule has 2 aromatic rings. The highest BCUT2D eigenvalue weighted by atomic mass is 16.2. The lowest BCUT2D eigenvalue weighted by molar-refractivity contribution is -0.130. The first-order valence-electron chi connectivity index (χ1n) is 7.68. The lowest BCUT2D eigenvalue weighted by Gasteiger charge is -2.18. The maximum Gasteiger partial charge on any atom is 0.269 e. The van der Waals surface area contributed by atoms with E-state index < -0.39 is 5.56 Å². The lowest BCUT2D eigenvalue weighted by Crippen LogP contribution is -2.35. The molecule has 1 aromatic heterocycles. The number of nitrogens with zero attached hydrogens (tertiary/aromatic N) is 3. The minimum atomic E-state index is -0.415. The number of carbonyl (C=O) groups is 1. The van der Waals surface area contributed by atoms with E-state index in [1.165, 1.54) is 10.6 Å². The van der Waals surface area contributed by atoms with E-state index in [9.17, 15) is 9.59 Å². The van der Waals surface area contributed by atoms with Crippen LogP contribution >= 0.6 is 0 Å². The third-order valence-electron chi connectivity index (χ3n) is 4.12. The van der Waals surface area contributed by atoms with Crippen molar-refractivity contribution < 1.29 is 4.79 Å². The number of pyridine rings is 1. The number of hydrogen-bond donors (Lipinski definition) is 0. The maximum atomic E-state index is 12.5. The molecule has 5 heteroatoms. The topological polar surface area (TPSA) is 66.1 Å². The van der Waals surface area contributed by atoms with Crippen molar-refractivity contribution in [1.82, 2.24) is 9.47 Å². The Balaban J connectivity index is 2.04. The van der Waals surface area contributed by atoms with Crippen molar-refractivity contribution in [3.8, 4) is 17.3 Å². The number of rotatable bonds is 3. The Morgan fingerprint density at radius 1 is 1.09 bits per heavy atom. The van der Waals surface area contributed by atoms with Crippen LogP contribution in [-0.2, 0) is 11.3 Å². The van der Waals surface area contributed by atoms with Crippen molar-refractivity contribution in [1.29, 1.82) is 5.26 Å². The molecule has 1 aliphatic rings. The molecule has 23 heavy (non-hydrogen) atoms. The number of likely N-dealkylation sites (tertiary alicyclic amines) is 1. The second kappa shape index (κ2) is 6.49. The van der Waals surface area contributed by atoms with Crippen LogP contribution in [-0.4, -0.2) is 28.5 Å². The Labute approximate surface area is 134 Å². The highest BCUT2D eigenvalue weighted by Crippen LogP contribution is 2.18. The predicted octanol–water partition coefficient (Wildman–Crippen LogP) is 2.01. The fourth-order valence-corrected chi connectivity index (χ4v) is 2.88. The fraction of sp³-hybridized carbons (Fsp3) is 0.278. The molecule has 1 aliphatic heterocycles. The molecule has 1 saturated heterocycles. The summed E-state index contributed by atoms with van der Waals surface area (Å²) in [4.78, 5) is 26.7. The molecule has 0 unspecified atom stereocenters. The van der Waals surface area contributed by atoms with Gasteiger partial charge >= 0.3 is 0 Å². The second-order valence-corrected chi connectivity index (χ2v) is 5.59. The van der Waals surface area contributed by atoms with Gasteiger partial charge in [0, 0.05) is 13.1 Å². The van der Waals surface area contributed by atoms with E-state index in [1.807, 2.05) is 36.4 Å². The van der Waals surface area contributed by atoms with Crippen LogP contribution in [0.15, 0.2) is 47.3 Å². The zero-order valence-corrected chi connectivity index (χ0v) is 12.7. The third kappa shape index (κ3) is 3.02. The number of amides is 1. The smallest absolute Gasteiger partial charge is 0.269 e. The van der Waals surface area contributed by atoms with E-state index >= 15 is 0 Å². The van der Waals surface area contributed by atoms with Crippen LogP contribution in [0.3, 0.4) is 0 Å². The first-order valence-corrected chi connectivity index (χ1v) is 7.68. The molecule has 0 bridgehead atoms. The van der Waals surface area contributed by atoms with Crippen molar-refractivity contribution in [2.24, 2.45) is 0 Å². The summed E-state index contributed by atoms with van der Waals surface area (Å²) >= 11 is 0. The summed E-state index contributed by atoms with van der Waals surface area (Å²) in [6, 6.07) is 14.6. The van der Waals surface area contributed by atoms with E-state index in [2.05, 4.69) is 0 Å². The average molecular weight is 307 g/mol. The van der Waals surface area contributed by atoms with E-state index in [0.29, 0.717) is 5.69 Å². The first kappa shape index (κ1) is 15.0. The normalized spacial score (nSPS) is 13.8. The summed E-state index contributed by atoms with van der Waals surface area (Å²) in [5, 5.41) is 9.09. The second-order valence-electron chi connectivity index (χ2n) is 5.59. The summed E-state index contributed by atoms with van der Waals surface area (Å²) in [7, 11) is 0. The van der Waals surface area contributed by atoms with Crippen LogP contribution in [0, 0.1) is 11.3 Å². The van der Waals surface area contributed by atoms with Gasteiger partial charge in [-0.05, 0) is 30.5 Å². The molecule has 116 valence electrons. The van der Waals surface area contributed by atoms with Gasteiger partial charge in [-0.25, -0.2) is 0 Å². The lowest BCUT2D eigenvalue weighted by atomic mass is 10.1. The molecule has 0 radical (unpaired) electrons.